The van der Waals surface area contributed by atoms with Gasteiger partial charge in [-0.15, -0.1) is 0 Å². The van der Waals surface area contributed by atoms with Crippen LogP contribution < -0.4 is 16.7 Å². The maximum Gasteiger partial charge on any atom is 0.0904 e. The highest BCUT2D eigenvalue weighted by molar-refractivity contribution is 6.93. The number of nitrogens with two attached hydrogens (primary N) is 2. The summed E-state index contributed by atoms with van der Waals surface area (Å²) in [6.45, 7) is 0. The van der Waals surface area contributed by atoms with E-state index >= 15 is 0 Å². The van der Waals surface area contributed by atoms with E-state index in [2.05, 4.69) is 78.9 Å². The highest BCUT2D eigenvalue weighted by atomic mass is 28.3. The van der Waals surface area contributed by atoms with E-state index in [9.17, 15) is 0 Å². The second kappa shape index (κ2) is 10.2. The van der Waals surface area contributed by atoms with E-state index in [1.807, 2.05) is 0 Å². The minimum absolute atomic E-state index is 0.853. The Labute approximate surface area is 188 Å². The van der Waals surface area contributed by atoms with Crippen LogP contribution in [0, 0.1) is 0 Å². The first kappa shape index (κ1) is 21.7. The molecule has 4 rings (SSSR count). The third-order valence-electron chi connectivity index (χ3n) is 7.41. The normalized spacial score (nSPS) is 15.1. The zero-order valence-corrected chi connectivity index (χ0v) is 19.6. The summed E-state index contributed by atoms with van der Waals surface area (Å²) in [6, 6.07) is 31.3. The summed E-state index contributed by atoms with van der Waals surface area (Å²) >= 11 is 0. The molecule has 1 aliphatic rings. The average Bonchev–Trinajstić information content (AvgIpc) is 2.83. The van der Waals surface area contributed by atoms with Gasteiger partial charge in [0.1, 0.15) is 0 Å². The molecule has 162 valence electrons. The number of hydrogen-bond donors (Lipinski definition) is 2. The fourth-order valence-corrected chi connectivity index (χ4v) is 11.5. The van der Waals surface area contributed by atoms with Crippen molar-refractivity contribution in [1.29, 1.82) is 0 Å². The van der Waals surface area contributed by atoms with Gasteiger partial charge in [0.25, 0.3) is 0 Å². The van der Waals surface area contributed by atoms with Gasteiger partial charge in [-0.2, -0.15) is 0 Å². The highest BCUT2D eigenvalue weighted by Crippen LogP contribution is 2.42. The van der Waals surface area contributed by atoms with Crippen molar-refractivity contribution >= 4 is 24.6 Å². The van der Waals surface area contributed by atoms with Crippen molar-refractivity contribution in [3.05, 3.63) is 90.0 Å². The van der Waals surface area contributed by atoms with Gasteiger partial charge in [-0.3, -0.25) is 0 Å². The van der Waals surface area contributed by atoms with Crippen LogP contribution in [0.5, 0.6) is 0 Å². The molecule has 3 aromatic rings. The second-order valence-electron chi connectivity index (χ2n) is 9.34. The Bertz CT molecular complexity index is 880. The van der Waals surface area contributed by atoms with Gasteiger partial charge in [-0.05, 0) is 65.9 Å². The number of rotatable bonds is 8. The largest absolute Gasteiger partial charge is 0.399 e. The minimum atomic E-state index is -1.73. The van der Waals surface area contributed by atoms with Gasteiger partial charge in [0.05, 0.1) is 8.07 Å². The van der Waals surface area contributed by atoms with Crippen molar-refractivity contribution in [2.45, 2.75) is 62.6 Å². The molecule has 31 heavy (non-hydrogen) atoms. The maximum absolute atomic E-state index is 5.94. The van der Waals surface area contributed by atoms with E-state index in [0.717, 1.165) is 29.8 Å². The Morgan fingerprint density at radius 1 is 0.613 bits per heavy atom. The van der Waals surface area contributed by atoms with Crippen molar-refractivity contribution < 1.29 is 0 Å². The van der Waals surface area contributed by atoms with E-state index < -0.39 is 8.07 Å². The van der Waals surface area contributed by atoms with Crippen LogP contribution in [0.25, 0.3) is 0 Å². The molecule has 1 saturated carbocycles. The molecule has 1 aliphatic carbocycles. The summed E-state index contributed by atoms with van der Waals surface area (Å²) < 4.78 is 0. The van der Waals surface area contributed by atoms with Crippen LogP contribution in [0.3, 0.4) is 0 Å². The van der Waals surface area contributed by atoms with E-state index in [4.69, 9.17) is 11.5 Å². The predicted octanol–water partition coefficient (Wildman–Crippen LogP) is 6.33. The standard InChI is InChI=1S/C28H36N2Si/c29-25-15-11-23(12-16-25)19-21-31(27-7-3-1-4-8-27,28-9-5-2-6-10-28)22-20-24-13-17-26(30)18-14-24/h1,3-4,7-8,11-18,28H,2,5-6,9-10,19-22,29-30H2. The van der Waals surface area contributed by atoms with Crippen LogP contribution in [-0.4, -0.2) is 8.07 Å². The second-order valence-corrected chi connectivity index (χ2v) is 14.0. The molecule has 2 nitrogen and oxygen atoms in total. The molecule has 0 radical (unpaired) electrons. The zero-order valence-electron chi connectivity index (χ0n) is 18.6. The lowest BCUT2D eigenvalue weighted by Gasteiger charge is -2.42. The summed E-state index contributed by atoms with van der Waals surface area (Å²) in [4.78, 5) is 0. The Kier molecular flexibility index (Phi) is 7.13. The molecule has 0 spiro atoms. The fourth-order valence-electron chi connectivity index (χ4n) is 5.59. The third-order valence-corrected chi connectivity index (χ3v) is 13.3. The zero-order chi connectivity index (χ0) is 21.5. The number of anilines is 2. The molecule has 3 heteroatoms. The van der Waals surface area contributed by atoms with E-state index in [0.29, 0.717) is 0 Å². The van der Waals surface area contributed by atoms with Crippen LogP contribution >= 0.6 is 0 Å². The summed E-state index contributed by atoms with van der Waals surface area (Å²) in [5.74, 6) is 0. The summed E-state index contributed by atoms with van der Waals surface area (Å²) in [7, 11) is -1.73. The lowest BCUT2D eigenvalue weighted by atomic mass is 10.0. The minimum Gasteiger partial charge on any atom is -0.399 e. The lowest BCUT2D eigenvalue weighted by molar-refractivity contribution is 0.490. The Morgan fingerprint density at radius 3 is 1.58 bits per heavy atom. The average molecular weight is 429 g/mol. The van der Waals surface area contributed by atoms with E-state index in [1.165, 1.54) is 55.3 Å². The molecule has 0 saturated heterocycles. The molecular weight excluding hydrogens is 392 g/mol. The van der Waals surface area contributed by atoms with Crippen LogP contribution in [0.1, 0.15) is 43.2 Å². The monoisotopic (exact) mass is 428 g/mol. The number of hydrogen-bond acceptors (Lipinski definition) is 2. The number of nitrogen functional groups attached to an aromatic ring is 2. The van der Waals surface area contributed by atoms with Crippen molar-refractivity contribution in [1.82, 2.24) is 0 Å². The van der Waals surface area contributed by atoms with Crippen LogP contribution in [0.15, 0.2) is 78.9 Å². The number of benzene rings is 3. The molecule has 1 fully saturated rings. The van der Waals surface area contributed by atoms with Gasteiger partial charge in [0.15, 0.2) is 0 Å². The van der Waals surface area contributed by atoms with Gasteiger partial charge in [-0.25, -0.2) is 0 Å². The van der Waals surface area contributed by atoms with Gasteiger partial charge in [0.2, 0.25) is 0 Å². The van der Waals surface area contributed by atoms with Crippen LogP contribution in [0.2, 0.25) is 17.6 Å². The summed E-state index contributed by atoms with van der Waals surface area (Å²) in [5, 5.41) is 1.66. The first-order chi connectivity index (χ1) is 15.2. The van der Waals surface area contributed by atoms with Gasteiger partial charge >= 0.3 is 0 Å². The van der Waals surface area contributed by atoms with Crippen LogP contribution in [-0.2, 0) is 12.8 Å². The van der Waals surface area contributed by atoms with Crippen molar-refractivity contribution in [3.8, 4) is 0 Å². The molecule has 0 unspecified atom stereocenters. The van der Waals surface area contributed by atoms with Gasteiger partial charge < -0.3 is 11.5 Å². The Morgan fingerprint density at radius 2 is 1.10 bits per heavy atom. The summed E-state index contributed by atoms with van der Waals surface area (Å²) in [6.07, 6.45) is 9.33. The molecule has 3 aromatic carbocycles. The molecule has 0 aliphatic heterocycles. The Hall–Kier alpha value is -2.52. The first-order valence-corrected chi connectivity index (χ1v) is 14.4. The quantitative estimate of drug-likeness (QED) is 0.325. The molecule has 0 amide bonds. The first-order valence-electron chi connectivity index (χ1n) is 11.9. The molecular formula is C28H36N2Si. The third kappa shape index (κ3) is 5.40. The molecule has 0 aromatic heterocycles. The van der Waals surface area contributed by atoms with Gasteiger partial charge in [0, 0.05) is 11.4 Å². The topological polar surface area (TPSA) is 52.0 Å². The van der Waals surface area contributed by atoms with Gasteiger partial charge in [-0.1, -0.05) is 91.9 Å². The molecule has 0 bridgehead atoms. The smallest absolute Gasteiger partial charge is 0.0904 e. The van der Waals surface area contributed by atoms with Crippen molar-refractivity contribution in [3.63, 3.8) is 0 Å². The van der Waals surface area contributed by atoms with E-state index in [1.54, 1.807) is 5.19 Å². The van der Waals surface area contributed by atoms with Crippen LogP contribution in [0.4, 0.5) is 11.4 Å². The lowest BCUT2D eigenvalue weighted by Crippen LogP contribution is -2.53. The molecule has 0 atom stereocenters. The number of aryl methyl sites for hydroxylation is 2. The fraction of sp³-hybridized carbons (Fsp3) is 0.357. The summed E-state index contributed by atoms with van der Waals surface area (Å²) in [5.41, 5.74) is 17.3. The van der Waals surface area contributed by atoms with Crippen molar-refractivity contribution in [2.24, 2.45) is 0 Å². The predicted molar refractivity (Wildman–Crippen MR) is 137 cm³/mol. The molecule has 4 N–H and O–H groups in total. The van der Waals surface area contributed by atoms with Crippen molar-refractivity contribution in [2.75, 3.05) is 11.5 Å². The maximum atomic E-state index is 5.94. The Balaban J connectivity index is 1.66. The molecule has 0 heterocycles. The van der Waals surface area contributed by atoms with E-state index in [-0.39, 0.29) is 0 Å². The highest BCUT2D eigenvalue weighted by Gasteiger charge is 2.42. The SMILES string of the molecule is Nc1ccc(CC[Si](CCc2ccc(N)cc2)(c2ccccc2)C2CCCCC2)cc1.